The summed E-state index contributed by atoms with van der Waals surface area (Å²) in [5.74, 6) is -1.27. The summed E-state index contributed by atoms with van der Waals surface area (Å²) in [7, 11) is 0. The highest BCUT2D eigenvalue weighted by molar-refractivity contribution is 7.11. The topological polar surface area (TPSA) is 42.7 Å². The molecule has 0 unspecified atom stereocenters. The average molecular weight is 439 g/mol. The minimum absolute atomic E-state index is 0.0561. The summed E-state index contributed by atoms with van der Waals surface area (Å²) in [5, 5.41) is 9.24. The molecule has 160 valence electrons. The van der Waals surface area contributed by atoms with Crippen LogP contribution in [0.3, 0.4) is 0 Å². The van der Waals surface area contributed by atoms with Crippen molar-refractivity contribution in [3.05, 3.63) is 87.0 Å². The molecule has 1 N–H and O–H groups in total. The minimum atomic E-state index is -0.653. The Hall–Kier alpha value is -2.90. The first-order valence-electron chi connectivity index (χ1n) is 10.1. The molecule has 0 bridgehead atoms. The molecular formula is C24H24F2N4S. The second kappa shape index (κ2) is 8.69. The van der Waals surface area contributed by atoms with Crippen molar-refractivity contribution in [3.8, 4) is 16.9 Å². The Morgan fingerprint density at radius 1 is 1.10 bits per heavy atom. The molecule has 0 amide bonds. The highest BCUT2D eigenvalue weighted by Gasteiger charge is 2.18. The molecule has 0 spiro atoms. The lowest BCUT2D eigenvalue weighted by Crippen LogP contribution is -2.19. The molecule has 0 aliphatic heterocycles. The van der Waals surface area contributed by atoms with Gasteiger partial charge in [-0.25, -0.2) is 18.4 Å². The van der Waals surface area contributed by atoms with E-state index in [9.17, 15) is 8.78 Å². The Kier molecular flexibility index (Phi) is 5.98. The van der Waals surface area contributed by atoms with Gasteiger partial charge in [-0.1, -0.05) is 24.3 Å². The van der Waals surface area contributed by atoms with Crippen molar-refractivity contribution in [1.82, 2.24) is 20.1 Å². The first-order valence-corrected chi connectivity index (χ1v) is 10.9. The van der Waals surface area contributed by atoms with Crippen molar-refractivity contribution in [2.45, 2.75) is 40.3 Å². The van der Waals surface area contributed by atoms with E-state index in [-0.39, 0.29) is 11.7 Å². The van der Waals surface area contributed by atoms with E-state index in [2.05, 4.69) is 29.2 Å². The SMILES string of the molecule is Cc1nc([C@@H](C)NCc2cn(-c3ccc(F)cc3F)nc2-c2ccccc2C)c(C)s1. The number of hydrogen-bond donors (Lipinski definition) is 1. The summed E-state index contributed by atoms with van der Waals surface area (Å²) in [6.45, 7) is 8.72. The van der Waals surface area contributed by atoms with Crippen molar-refractivity contribution >= 4 is 11.3 Å². The number of aryl methyl sites for hydroxylation is 3. The van der Waals surface area contributed by atoms with Crippen LogP contribution < -0.4 is 5.32 Å². The van der Waals surface area contributed by atoms with Gasteiger partial charge in [0.1, 0.15) is 11.5 Å². The molecule has 0 saturated heterocycles. The highest BCUT2D eigenvalue weighted by atomic mass is 32.1. The first-order chi connectivity index (χ1) is 14.8. The second-order valence-electron chi connectivity index (χ2n) is 7.64. The average Bonchev–Trinajstić information content (AvgIpc) is 3.29. The number of nitrogens with one attached hydrogen (secondary N) is 1. The fourth-order valence-corrected chi connectivity index (χ4v) is 4.62. The predicted octanol–water partition coefficient (Wildman–Crippen LogP) is 6.05. The summed E-state index contributed by atoms with van der Waals surface area (Å²) < 4.78 is 29.3. The van der Waals surface area contributed by atoms with Crippen LogP contribution in [0.15, 0.2) is 48.7 Å². The monoisotopic (exact) mass is 438 g/mol. The number of thiazole rings is 1. The minimum Gasteiger partial charge on any atom is -0.305 e. The van der Waals surface area contributed by atoms with Crippen molar-refractivity contribution in [2.24, 2.45) is 0 Å². The predicted molar refractivity (Wildman–Crippen MR) is 120 cm³/mol. The van der Waals surface area contributed by atoms with Crippen molar-refractivity contribution in [2.75, 3.05) is 0 Å². The summed E-state index contributed by atoms with van der Waals surface area (Å²) in [4.78, 5) is 5.83. The van der Waals surface area contributed by atoms with Gasteiger partial charge < -0.3 is 5.32 Å². The molecule has 4 nitrogen and oxygen atoms in total. The van der Waals surface area contributed by atoms with Gasteiger partial charge in [-0.2, -0.15) is 5.10 Å². The summed E-state index contributed by atoms with van der Waals surface area (Å²) in [5.41, 5.74) is 5.00. The summed E-state index contributed by atoms with van der Waals surface area (Å²) in [6.07, 6.45) is 1.80. The van der Waals surface area contributed by atoms with Crippen LogP contribution in [0.1, 0.15) is 39.7 Å². The van der Waals surface area contributed by atoms with Crippen LogP contribution in [0.2, 0.25) is 0 Å². The van der Waals surface area contributed by atoms with Gasteiger partial charge in [-0.15, -0.1) is 11.3 Å². The lowest BCUT2D eigenvalue weighted by molar-refractivity contribution is 0.561. The molecule has 4 rings (SSSR count). The molecule has 0 radical (unpaired) electrons. The van der Waals surface area contributed by atoms with Crippen molar-refractivity contribution in [3.63, 3.8) is 0 Å². The van der Waals surface area contributed by atoms with Crippen molar-refractivity contribution in [1.29, 1.82) is 0 Å². The molecule has 0 fully saturated rings. The Bertz CT molecular complexity index is 1230. The van der Waals surface area contributed by atoms with Crippen LogP contribution in [0.5, 0.6) is 0 Å². The zero-order valence-corrected chi connectivity index (χ0v) is 18.7. The maximum Gasteiger partial charge on any atom is 0.151 e. The lowest BCUT2D eigenvalue weighted by Gasteiger charge is -2.13. The van der Waals surface area contributed by atoms with E-state index >= 15 is 0 Å². The van der Waals surface area contributed by atoms with Crippen LogP contribution in [0.4, 0.5) is 8.78 Å². The molecule has 0 saturated carbocycles. The second-order valence-corrected chi connectivity index (χ2v) is 9.04. The Labute approximate surface area is 184 Å². The Morgan fingerprint density at radius 3 is 2.55 bits per heavy atom. The molecule has 7 heteroatoms. The normalized spacial score (nSPS) is 12.3. The van der Waals surface area contributed by atoms with Crippen LogP contribution in [-0.2, 0) is 6.54 Å². The molecule has 31 heavy (non-hydrogen) atoms. The fourth-order valence-electron chi connectivity index (χ4n) is 3.70. The number of nitrogens with zero attached hydrogens (tertiary/aromatic N) is 3. The van der Waals surface area contributed by atoms with Gasteiger partial charge in [0.2, 0.25) is 0 Å². The van der Waals surface area contributed by atoms with E-state index in [0.717, 1.165) is 39.2 Å². The molecule has 1 atom stereocenters. The van der Waals surface area contributed by atoms with Gasteiger partial charge in [-0.05, 0) is 45.4 Å². The van der Waals surface area contributed by atoms with Crippen LogP contribution in [-0.4, -0.2) is 14.8 Å². The van der Waals surface area contributed by atoms with Crippen molar-refractivity contribution < 1.29 is 8.78 Å². The highest BCUT2D eigenvalue weighted by Crippen LogP contribution is 2.28. The van der Waals surface area contributed by atoms with Crippen LogP contribution >= 0.6 is 11.3 Å². The van der Waals surface area contributed by atoms with Crippen LogP contribution in [0.25, 0.3) is 16.9 Å². The van der Waals surface area contributed by atoms with E-state index in [1.807, 2.05) is 38.1 Å². The van der Waals surface area contributed by atoms with Gasteiger partial charge in [0.25, 0.3) is 0 Å². The van der Waals surface area contributed by atoms with E-state index in [0.29, 0.717) is 6.54 Å². The Morgan fingerprint density at radius 2 is 1.87 bits per heavy atom. The van der Waals surface area contributed by atoms with Gasteiger partial charge in [0.05, 0.1) is 16.4 Å². The molecule has 2 aromatic heterocycles. The number of halogens is 2. The number of hydrogen-bond acceptors (Lipinski definition) is 4. The summed E-state index contributed by atoms with van der Waals surface area (Å²) >= 11 is 1.69. The van der Waals surface area contributed by atoms with E-state index < -0.39 is 11.6 Å². The number of rotatable bonds is 6. The molecule has 2 heterocycles. The van der Waals surface area contributed by atoms with Gasteiger partial charge in [0, 0.05) is 40.9 Å². The first kappa shape index (κ1) is 21.3. The van der Waals surface area contributed by atoms with Crippen LogP contribution in [0, 0.1) is 32.4 Å². The standard InChI is InChI=1S/C24H24F2N4S/c1-14-7-5-6-8-20(14)24-18(12-27-15(2)23-16(3)31-17(4)28-23)13-30(29-24)22-10-9-19(25)11-21(22)26/h5-11,13,15,27H,12H2,1-4H3/t15-/m1/s1. The third-order valence-corrected chi connectivity index (χ3v) is 6.20. The number of benzene rings is 2. The van der Waals surface area contributed by atoms with E-state index in [1.54, 1.807) is 17.5 Å². The third-order valence-electron chi connectivity index (χ3n) is 5.30. The maximum absolute atomic E-state index is 14.4. The zero-order chi connectivity index (χ0) is 22.1. The summed E-state index contributed by atoms with van der Waals surface area (Å²) in [6, 6.07) is 11.5. The molecule has 0 aliphatic rings. The molecule has 4 aromatic rings. The Balaban J connectivity index is 1.70. The lowest BCUT2D eigenvalue weighted by atomic mass is 10.0. The fraction of sp³-hybridized carbons (Fsp3) is 0.250. The molecular weight excluding hydrogens is 414 g/mol. The molecule has 0 aliphatic carbocycles. The number of aromatic nitrogens is 3. The van der Waals surface area contributed by atoms with Gasteiger partial charge in [-0.3, -0.25) is 0 Å². The third kappa shape index (κ3) is 4.43. The smallest absolute Gasteiger partial charge is 0.151 e. The quantitative estimate of drug-likeness (QED) is 0.398. The molecule has 2 aromatic carbocycles. The van der Waals surface area contributed by atoms with Gasteiger partial charge >= 0.3 is 0 Å². The zero-order valence-electron chi connectivity index (χ0n) is 17.9. The maximum atomic E-state index is 14.4. The largest absolute Gasteiger partial charge is 0.305 e. The van der Waals surface area contributed by atoms with E-state index in [1.165, 1.54) is 21.7 Å². The van der Waals surface area contributed by atoms with Gasteiger partial charge in [0.15, 0.2) is 5.82 Å². The van der Waals surface area contributed by atoms with E-state index in [4.69, 9.17) is 0 Å².